The van der Waals surface area contributed by atoms with Crippen LogP contribution in [0.15, 0.2) is 30.3 Å². The monoisotopic (exact) mass is 477 g/mol. The van der Waals surface area contributed by atoms with Crippen molar-refractivity contribution in [2.45, 2.75) is 72.3 Å². The molecule has 0 fully saturated rings. The molecule has 0 radical (unpaired) electrons. The largest absolute Gasteiger partial charge is 0.459 e. The maximum absolute atomic E-state index is 12.9. The van der Waals surface area contributed by atoms with Crippen LogP contribution in [0.2, 0.25) is 0 Å². The summed E-state index contributed by atoms with van der Waals surface area (Å²) in [7, 11) is 2.99. The zero-order chi connectivity index (χ0) is 26.1. The maximum atomic E-state index is 12.9. The van der Waals surface area contributed by atoms with Crippen LogP contribution in [0, 0.1) is 5.92 Å². The summed E-state index contributed by atoms with van der Waals surface area (Å²) in [4.78, 5) is 52.8. The van der Waals surface area contributed by atoms with Gasteiger partial charge in [-0.3, -0.25) is 9.59 Å². The van der Waals surface area contributed by atoms with Gasteiger partial charge in [0, 0.05) is 14.1 Å². The molecule has 1 N–H and O–H groups in total. The van der Waals surface area contributed by atoms with Crippen LogP contribution in [-0.2, 0) is 30.5 Å². The molecular weight excluding hydrogens is 438 g/mol. The Morgan fingerprint density at radius 2 is 1.59 bits per heavy atom. The summed E-state index contributed by atoms with van der Waals surface area (Å²) in [5, 5.41) is 2.47. The van der Waals surface area contributed by atoms with Gasteiger partial charge in [0.25, 0.3) is 0 Å². The number of ether oxygens (including phenoxy) is 2. The number of rotatable bonds is 10. The van der Waals surface area contributed by atoms with E-state index in [9.17, 15) is 19.2 Å². The molecule has 0 unspecified atom stereocenters. The highest BCUT2D eigenvalue weighted by atomic mass is 16.6. The number of nitrogens with zero attached hydrogens (tertiary/aromatic N) is 2. The van der Waals surface area contributed by atoms with Gasteiger partial charge in [0.05, 0.1) is 6.54 Å². The van der Waals surface area contributed by atoms with Gasteiger partial charge in [0.15, 0.2) is 0 Å². The molecule has 0 bridgehead atoms. The van der Waals surface area contributed by atoms with Crippen molar-refractivity contribution in [1.29, 1.82) is 0 Å². The molecule has 0 saturated heterocycles. The first-order valence-electron chi connectivity index (χ1n) is 11.4. The molecule has 0 saturated carbocycles. The number of likely N-dealkylation sites (N-methyl/N-ethyl adjacent to an activating group) is 2. The van der Waals surface area contributed by atoms with Gasteiger partial charge in [-0.1, -0.05) is 44.2 Å². The molecule has 34 heavy (non-hydrogen) atoms. The number of alkyl carbamates (subject to hydrolysis) is 1. The first-order chi connectivity index (χ1) is 15.7. The number of carbonyl (C=O) groups excluding carboxylic acids is 4. The lowest BCUT2D eigenvalue weighted by Gasteiger charge is -2.30. The Morgan fingerprint density at radius 3 is 2.12 bits per heavy atom. The minimum atomic E-state index is -0.889. The Morgan fingerprint density at radius 1 is 1.00 bits per heavy atom. The Bertz CT molecular complexity index is 835. The predicted octanol–water partition coefficient (Wildman–Crippen LogP) is 2.97. The standard InChI is InChI=1S/C25H39N3O6/c1-17(2)14-20(23(31)33-16-19-12-10-9-11-13-19)28(8)21(29)15-27(7)22(30)18(3)26-24(32)34-25(4,5)6/h9-13,17-18,20H,14-16H2,1-8H3,(H,26,32)/t18-,20-/m0/s1. The molecule has 9 nitrogen and oxygen atoms in total. The van der Waals surface area contributed by atoms with Gasteiger partial charge in [-0.15, -0.1) is 0 Å². The summed E-state index contributed by atoms with van der Waals surface area (Å²) in [5.41, 5.74) is 0.155. The van der Waals surface area contributed by atoms with E-state index in [1.807, 2.05) is 44.2 Å². The fourth-order valence-corrected chi connectivity index (χ4v) is 3.13. The second-order valence-electron chi connectivity index (χ2n) is 9.81. The number of carbonyl (C=O) groups is 4. The van der Waals surface area contributed by atoms with Crippen LogP contribution < -0.4 is 5.32 Å². The average Bonchev–Trinajstić information content (AvgIpc) is 2.73. The first-order valence-corrected chi connectivity index (χ1v) is 11.4. The maximum Gasteiger partial charge on any atom is 0.408 e. The van der Waals surface area contributed by atoms with E-state index in [1.165, 1.54) is 30.8 Å². The van der Waals surface area contributed by atoms with Gasteiger partial charge < -0.3 is 24.6 Å². The lowest BCUT2D eigenvalue weighted by Crippen LogP contribution is -2.51. The molecule has 3 amide bonds. The smallest absolute Gasteiger partial charge is 0.408 e. The second-order valence-corrected chi connectivity index (χ2v) is 9.81. The third-order valence-electron chi connectivity index (χ3n) is 4.90. The Balaban J connectivity index is 2.74. The molecule has 0 heterocycles. The zero-order valence-corrected chi connectivity index (χ0v) is 21.6. The molecule has 0 aliphatic carbocycles. The summed E-state index contributed by atoms with van der Waals surface area (Å²) in [6.45, 7) is 10.4. The Hall–Kier alpha value is -3.10. The molecule has 2 atom stereocenters. The quantitative estimate of drug-likeness (QED) is 0.520. The average molecular weight is 478 g/mol. The van der Waals surface area contributed by atoms with Crippen molar-refractivity contribution in [3.8, 4) is 0 Å². The van der Waals surface area contributed by atoms with Crippen molar-refractivity contribution in [2.75, 3.05) is 20.6 Å². The lowest BCUT2D eigenvalue weighted by molar-refractivity contribution is -0.156. The molecule has 190 valence electrons. The van der Waals surface area contributed by atoms with Gasteiger partial charge in [0.1, 0.15) is 24.3 Å². The van der Waals surface area contributed by atoms with Crippen molar-refractivity contribution in [2.24, 2.45) is 5.92 Å². The molecule has 0 aromatic heterocycles. The van der Waals surface area contributed by atoms with E-state index in [-0.39, 0.29) is 19.1 Å². The van der Waals surface area contributed by atoms with E-state index in [1.54, 1.807) is 20.8 Å². The normalized spacial score (nSPS) is 13.0. The van der Waals surface area contributed by atoms with E-state index in [2.05, 4.69) is 5.32 Å². The van der Waals surface area contributed by atoms with Crippen molar-refractivity contribution < 1.29 is 28.7 Å². The van der Waals surface area contributed by atoms with Crippen LogP contribution in [0.5, 0.6) is 0 Å². The summed E-state index contributed by atoms with van der Waals surface area (Å²) in [6, 6.07) is 7.63. The number of hydrogen-bond acceptors (Lipinski definition) is 6. The van der Waals surface area contributed by atoms with E-state index >= 15 is 0 Å². The molecule has 0 aliphatic heterocycles. The SMILES string of the molecule is CC(C)C[C@@H](C(=O)OCc1ccccc1)N(C)C(=O)CN(C)C(=O)[C@H](C)NC(=O)OC(C)(C)C. The highest BCUT2D eigenvalue weighted by molar-refractivity contribution is 5.90. The van der Waals surface area contributed by atoms with Crippen LogP contribution in [0.4, 0.5) is 4.79 Å². The fraction of sp³-hybridized carbons (Fsp3) is 0.600. The number of amides is 3. The van der Waals surface area contributed by atoms with Crippen LogP contribution in [-0.4, -0.2) is 72.0 Å². The molecule has 0 aliphatic rings. The highest BCUT2D eigenvalue weighted by Gasteiger charge is 2.31. The molecule has 1 aromatic rings. The first kappa shape index (κ1) is 28.9. The third kappa shape index (κ3) is 10.2. The second kappa shape index (κ2) is 13.0. The summed E-state index contributed by atoms with van der Waals surface area (Å²) < 4.78 is 10.6. The molecule has 1 rings (SSSR count). The zero-order valence-electron chi connectivity index (χ0n) is 21.6. The summed E-state index contributed by atoms with van der Waals surface area (Å²) in [6.07, 6.45) is -0.298. The van der Waals surface area contributed by atoms with Gasteiger partial charge in [0.2, 0.25) is 11.8 Å². The minimum Gasteiger partial charge on any atom is -0.459 e. The molecule has 0 spiro atoms. The molecule has 9 heteroatoms. The topological polar surface area (TPSA) is 105 Å². The number of benzene rings is 1. The van der Waals surface area contributed by atoms with Gasteiger partial charge in [-0.2, -0.15) is 0 Å². The third-order valence-corrected chi connectivity index (χ3v) is 4.90. The lowest BCUT2D eigenvalue weighted by atomic mass is 10.0. The molecule has 1 aromatic carbocycles. The number of esters is 1. The van der Waals surface area contributed by atoms with Crippen molar-refractivity contribution in [3.05, 3.63) is 35.9 Å². The molecular formula is C25H39N3O6. The Kier molecular flexibility index (Phi) is 11.0. The van der Waals surface area contributed by atoms with E-state index in [4.69, 9.17) is 9.47 Å². The summed E-state index contributed by atoms with van der Waals surface area (Å²) >= 11 is 0. The van der Waals surface area contributed by atoms with Crippen LogP contribution in [0.3, 0.4) is 0 Å². The minimum absolute atomic E-state index is 0.114. The number of nitrogens with one attached hydrogen (secondary N) is 1. The van der Waals surface area contributed by atoms with Gasteiger partial charge >= 0.3 is 12.1 Å². The van der Waals surface area contributed by atoms with E-state index in [0.29, 0.717) is 6.42 Å². The van der Waals surface area contributed by atoms with Crippen molar-refractivity contribution >= 4 is 23.9 Å². The van der Waals surface area contributed by atoms with Gasteiger partial charge in [-0.25, -0.2) is 9.59 Å². The fourth-order valence-electron chi connectivity index (χ4n) is 3.13. The predicted molar refractivity (Wildman–Crippen MR) is 129 cm³/mol. The van der Waals surface area contributed by atoms with Gasteiger partial charge in [-0.05, 0) is 45.6 Å². The number of hydrogen-bond donors (Lipinski definition) is 1. The van der Waals surface area contributed by atoms with E-state index < -0.39 is 41.6 Å². The van der Waals surface area contributed by atoms with Crippen LogP contribution >= 0.6 is 0 Å². The van der Waals surface area contributed by atoms with Crippen LogP contribution in [0.25, 0.3) is 0 Å². The Labute approximate surface area is 202 Å². The highest BCUT2D eigenvalue weighted by Crippen LogP contribution is 2.14. The van der Waals surface area contributed by atoms with Crippen molar-refractivity contribution in [3.63, 3.8) is 0 Å². The van der Waals surface area contributed by atoms with Crippen LogP contribution in [0.1, 0.15) is 53.5 Å². The summed E-state index contributed by atoms with van der Waals surface area (Å²) in [5.74, 6) is -1.23. The van der Waals surface area contributed by atoms with E-state index in [0.717, 1.165) is 5.56 Å². The van der Waals surface area contributed by atoms with Crippen molar-refractivity contribution in [1.82, 2.24) is 15.1 Å².